The molecule has 0 aliphatic heterocycles. The van der Waals surface area contributed by atoms with Crippen LogP contribution in [0.2, 0.25) is 0 Å². The zero-order valence-electron chi connectivity index (χ0n) is 13.0. The van der Waals surface area contributed by atoms with Crippen molar-refractivity contribution in [1.82, 2.24) is 25.5 Å². The fraction of sp³-hybridized carbons (Fsp3) is 0.929. The number of nitrogens with one attached hydrogen (secondary N) is 1. The standard InChI is InChI=1S/C14H27N5S/c1-10(2)9-15-11(3)14-16-17-18-19(14)12-5-7-13(20-4)8-6-12/h10-13,15H,5-9H2,1-4H3. The van der Waals surface area contributed by atoms with Gasteiger partial charge in [-0.15, -0.1) is 5.10 Å². The van der Waals surface area contributed by atoms with Crippen molar-refractivity contribution in [2.24, 2.45) is 5.92 Å². The van der Waals surface area contributed by atoms with E-state index in [-0.39, 0.29) is 6.04 Å². The lowest BCUT2D eigenvalue weighted by Crippen LogP contribution is -2.28. The normalized spacial score (nSPS) is 25.1. The second-order valence-electron chi connectivity index (χ2n) is 6.17. The summed E-state index contributed by atoms with van der Waals surface area (Å²) in [5, 5.41) is 16.7. The van der Waals surface area contributed by atoms with Gasteiger partial charge in [-0.25, -0.2) is 4.68 Å². The molecule has 1 saturated carbocycles. The second kappa shape index (κ2) is 7.41. The maximum atomic E-state index is 4.25. The van der Waals surface area contributed by atoms with E-state index >= 15 is 0 Å². The molecule has 0 saturated heterocycles. The van der Waals surface area contributed by atoms with Gasteiger partial charge in [-0.2, -0.15) is 11.8 Å². The second-order valence-corrected chi connectivity index (χ2v) is 7.31. The Morgan fingerprint density at radius 1 is 1.25 bits per heavy atom. The molecule has 1 fully saturated rings. The van der Waals surface area contributed by atoms with Gasteiger partial charge in [0, 0.05) is 5.25 Å². The van der Waals surface area contributed by atoms with E-state index in [9.17, 15) is 0 Å². The van der Waals surface area contributed by atoms with Gasteiger partial charge in [-0.05, 0) is 61.8 Å². The number of thioether (sulfide) groups is 1. The highest BCUT2D eigenvalue weighted by atomic mass is 32.2. The fourth-order valence-corrected chi connectivity index (χ4v) is 3.52. The summed E-state index contributed by atoms with van der Waals surface area (Å²) in [5.41, 5.74) is 0. The molecule has 20 heavy (non-hydrogen) atoms. The van der Waals surface area contributed by atoms with Crippen molar-refractivity contribution >= 4 is 11.8 Å². The molecule has 2 rings (SSSR count). The summed E-state index contributed by atoms with van der Waals surface area (Å²) in [6, 6.07) is 0.692. The van der Waals surface area contributed by atoms with Crippen LogP contribution in [0.4, 0.5) is 0 Å². The summed E-state index contributed by atoms with van der Waals surface area (Å²) >= 11 is 1.99. The highest BCUT2D eigenvalue weighted by molar-refractivity contribution is 7.99. The minimum Gasteiger partial charge on any atom is -0.307 e. The van der Waals surface area contributed by atoms with Crippen molar-refractivity contribution in [2.45, 2.75) is 63.8 Å². The molecule has 1 heterocycles. The van der Waals surface area contributed by atoms with Crippen LogP contribution in [0.15, 0.2) is 0 Å². The molecule has 1 N–H and O–H groups in total. The molecular formula is C14H27N5S. The van der Waals surface area contributed by atoms with E-state index in [1.165, 1.54) is 25.7 Å². The quantitative estimate of drug-likeness (QED) is 0.875. The Labute approximate surface area is 126 Å². The van der Waals surface area contributed by atoms with Crippen molar-refractivity contribution in [2.75, 3.05) is 12.8 Å². The summed E-state index contributed by atoms with van der Waals surface area (Å²) < 4.78 is 2.06. The lowest BCUT2D eigenvalue weighted by atomic mass is 9.95. The Balaban J connectivity index is 1.98. The Hall–Kier alpha value is -0.620. The Morgan fingerprint density at radius 2 is 1.95 bits per heavy atom. The van der Waals surface area contributed by atoms with Crippen LogP contribution in [0, 0.1) is 5.92 Å². The summed E-state index contributed by atoms with van der Waals surface area (Å²) in [7, 11) is 0. The zero-order chi connectivity index (χ0) is 14.5. The van der Waals surface area contributed by atoms with Crippen LogP contribution in [-0.2, 0) is 0 Å². The number of hydrogen-bond donors (Lipinski definition) is 1. The molecule has 114 valence electrons. The van der Waals surface area contributed by atoms with E-state index in [0.29, 0.717) is 12.0 Å². The van der Waals surface area contributed by atoms with E-state index in [4.69, 9.17) is 0 Å². The van der Waals surface area contributed by atoms with Gasteiger partial charge in [-0.3, -0.25) is 0 Å². The maximum Gasteiger partial charge on any atom is 0.168 e. The molecule has 0 amide bonds. The highest BCUT2D eigenvalue weighted by Crippen LogP contribution is 2.34. The molecule has 0 aromatic carbocycles. The molecule has 1 unspecified atom stereocenters. The number of nitrogens with zero attached hydrogens (tertiary/aromatic N) is 4. The summed E-state index contributed by atoms with van der Waals surface area (Å²) in [6.45, 7) is 7.57. The van der Waals surface area contributed by atoms with Crippen molar-refractivity contribution in [3.63, 3.8) is 0 Å². The van der Waals surface area contributed by atoms with Crippen molar-refractivity contribution in [1.29, 1.82) is 0 Å². The first kappa shape index (κ1) is 15.8. The zero-order valence-corrected chi connectivity index (χ0v) is 13.9. The van der Waals surface area contributed by atoms with E-state index in [1.54, 1.807) is 0 Å². The molecule has 5 nitrogen and oxygen atoms in total. The number of aromatic nitrogens is 4. The van der Waals surface area contributed by atoms with E-state index in [0.717, 1.165) is 17.6 Å². The van der Waals surface area contributed by atoms with E-state index < -0.39 is 0 Å². The average Bonchev–Trinajstić information content (AvgIpc) is 2.94. The molecule has 0 bridgehead atoms. The Morgan fingerprint density at radius 3 is 2.55 bits per heavy atom. The predicted molar refractivity (Wildman–Crippen MR) is 83.9 cm³/mol. The first-order chi connectivity index (χ1) is 9.61. The molecule has 1 aliphatic rings. The summed E-state index contributed by atoms with van der Waals surface area (Å²) in [5.74, 6) is 1.62. The van der Waals surface area contributed by atoms with Gasteiger partial charge < -0.3 is 5.32 Å². The summed E-state index contributed by atoms with van der Waals surface area (Å²) in [4.78, 5) is 0. The van der Waals surface area contributed by atoms with Gasteiger partial charge >= 0.3 is 0 Å². The lowest BCUT2D eigenvalue weighted by Gasteiger charge is -2.28. The Kier molecular flexibility index (Phi) is 5.84. The first-order valence-electron chi connectivity index (χ1n) is 7.65. The van der Waals surface area contributed by atoms with Crippen LogP contribution < -0.4 is 5.32 Å². The number of tetrazole rings is 1. The fourth-order valence-electron chi connectivity index (χ4n) is 2.77. The minimum atomic E-state index is 0.214. The molecule has 1 aromatic heterocycles. The molecule has 0 spiro atoms. The minimum absolute atomic E-state index is 0.214. The lowest BCUT2D eigenvalue weighted by molar-refractivity contribution is 0.312. The van der Waals surface area contributed by atoms with Crippen LogP contribution in [0.3, 0.4) is 0 Å². The monoisotopic (exact) mass is 297 g/mol. The van der Waals surface area contributed by atoms with Gasteiger partial charge in [0.05, 0.1) is 12.1 Å². The van der Waals surface area contributed by atoms with Gasteiger partial charge in [0.1, 0.15) is 0 Å². The SMILES string of the molecule is CSC1CCC(n2nnnc2C(C)NCC(C)C)CC1. The van der Waals surface area contributed by atoms with E-state index in [1.807, 2.05) is 11.8 Å². The third kappa shape index (κ3) is 3.95. The number of hydrogen-bond acceptors (Lipinski definition) is 5. The van der Waals surface area contributed by atoms with Crippen LogP contribution in [-0.4, -0.2) is 38.3 Å². The van der Waals surface area contributed by atoms with Gasteiger partial charge in [-0.1, -0.05) is 13.8 Å². The third-order valence-electron chi connectivity index (χ3n) is 4.06. The van der Waals surface area contributed by atoms with Crippen LogP contribution in [0.1, 0.15) is 64.4 Å². The largest absolute Gasteiger partial charge is 0.307 e. The molecule has 1 atom stereocenters. The average molecular weight is 297 g/mol. The van der Waals surface area contributed by atoms with Gasteiger partial charge in [0.2, 0.25) is 0 Å². The van der Waals surface area contributed by atoms with Gasteiger partial charge in [0.25, 0.3) is 0 Å². The van der Waals surface area contributed by atoms with Crippen LogP contribution >= 0.6 is 11.8 Å². The van der Waals surface area contributed by atoms with Crippen LogP contribution in [0.25, 0.3) is 0 Å². The van der Waals surface area contributed by atoms with E-state index in [2.05, 4.69) is 52.6 Å². The number of rotatable bonds is 6. The first-order valence-corrected chi connectivity index (χ1v) is 8.94. The van der Waals surface area contributed by atoms with Crippen LogP contribution in [0.5, 0.6) is 0 Å². The highest BCUT2D eigenvalue weighted by Gasteiger charge is 2.26. The third-order valence-corrected chi connectivity index (χ3v) is 5.20. The van der Waals surface area contributed by atoms with Gasteiger partial charge in [0.15, 0.2) is 5.82 Å². The molecule has 1 aromatic rings. The van der Waals surface area contributed by atoms with Crippen molar-refractivity contribution in [3.8, 4) is 0 Å². The van der Waals surface area contributed by atoms with Crippen molar-refractivity contribution < 1.29 is 0 Å². The molecule has 0 radical (unpaired) electrons. The Bertz CT molecular complexity index is 398. The van der Waals surface area contributed by atoms with Crippen molar-refractivity contribution in [3.05, 3.63) is 5.82 Å². The summed E-state index contributed by atoms with van der Waals surface area (Å²) in [6.07, 6.45) is 7.16. The topological polar surface area (TPSA) is 55.6 Å². The molecule has 6 heteroatoms. The molecular weight excluding hydrogens is 270 g/mol. The molecule has 1 aliphatic carbocycles. The smallest absolute Gasteiger partial charge is 0.168 e. The maximum absolute atomic E-state index is 4.25. The predicted octanol–water partition coefficient (Wildman–Crippen LogP) is 2.83.